The molecule has 16 heteroatoms. The first kappa shape index (κ1) is 28.8. The molecule has 0 aromatic carbocycles. The summed E-state index contributed by atoms with van der Waals surface area (Å²) in [6.07, 6.45) is -8.53. The molecule has 0 rings (SSSR count). The molecule has 0 aliphatic carbocycles. The fraction of sp³-hybridized carbons (Fsp3) is 0.600. The molecule has 0 aliphatic rings. The van der Waals surface area contributed by atoms with Crippen LogP contribution >= 0.6 is 0 Å². The maximum absolute atomic E-state index is 13.5. The highest BCUT2D eigenvalue weighted by Gasteiger charge is 2.67. The van der Waals surface area contributed by atoms with Gasteiger partial charge in [-0.1, -0.05) is 19.2 Å². The lowest BCUT2D eigenvalue weighted by Crippen LogP contribution is -2.58. The van der Waals surface area contributed by atoms with Crippen LogP contribution in [-0.4, -0.2) is 61.3 Å². The van der Waals surface area contributed by atoms with Gasteiger partial charge < -0.3 is 18.8 Å². The van der Waals surface area contributed by atoms with Gasteiger partial charge in [-0.25, -0.2) is 18.0 Å². The van der Waals surface area contributed by atoms with E-state index in [1.807, 2.05) is 0 Å². The van der Waals surface area contributed by atoms with E-state index in [9.17, 15) is 53.3 Å². The average molecular weight is 489 g/mol. The zero-order chi connectivity index (χ0) is 24.7. The summed E-state index contributed by atoms with van der Waals surface area (Å²) in [5.74, 6) is -13.7. The van der Waals surface area contributed by atoms with Crippen molar-refractivity contribution in [1.82, 2.24) is 0 Å². The van der Waals surface area contributed by atoms with Gasteiger partial charge in [-0.2, -0.15) is 30.7 Å². The summed E-state index contributed by atoms with van der Waals surface area (Å²) in [5, 5.41) is -5.97. The quantitative estimate of drug-likeness (QED) is 0.0737. The van der Waals surface area contributed by atoms with Crippen molar-refractivity contribution < 1.29 is 67.5 Å². The molecular weight excluding hydrogens is 473 g/mol. The van der Waals surface area contributed by atoms with Crippen molar-refractivity contribution in [2.24, 2.45) is 0 Å². The third-order valence-corrected chi connectivity index (χ3v) is 4.24. The summed E-state index contributed by atoms with van der Waals surface area (Å²) < 4.78 is 136. The number of carbonyl (C=O) groups is 2. The zero-order valence-corrected chi connectivity index (χ0v) is 16.2. The summed E-state index contributed by atoms with van der Waals surface area (Å²) in [6.45, 7) is 3.88. The second-order valence-electron chi connectivity index (χ2n) is 5.61. The number of hydrogen-bond donors (Lipinski definition) is 0. The van der Waals surface area contributed by atoms with Crippen LogP contribution in [0, 0.1) is 0 Å². The van der Waals surface area contributed by atoms with Crippen molar-refractivity contribution in [3.05, 3.63) is 25.3 Å². The number of esters is 2. The van der Waals surface area contributed by atoms with Gasteiger partial charge >= 0.3 is 35.1 Å². The van der Waals surface area contributed by atoms with Gasteiger partial charge in [-0.05, 0) is 12.8 Å². The summed E-state index contributed by atoms with van der Waals surface area (Å²) in [5.41, 5.74) is 0. The molecule has 0 heterocycles. The topological polar surface area (TPSA) is 119 Å². The van der Waals surface area contributed by atoms with Gasteiger partial charge in [0.2, 0.25) is 0 Å². The molecule has 0 aromatic rings. The smallest absolute Gasteiger partial charge is 0.468 e. The Bertz CT molecular complexity index is 779. The Hall–Kier alpha value is -2.20. The Morgan fingerprint density at radius 3 is 1.97 bits per heavy atom. The van der Waals surface area contributed by atoms with Crippen LogP contribution in [0.3, 0.4) is 0 Å². The lowest BCUT2D eigenvalue weighted by atomic mass is 10.1. The van der Waals surface area contributed by atoms with Crippen LogP contribution < -0.4 is 0 Å². The number of carbonyl (C=O) groups excluding carboxylic acids is 2. The SMILES string of the molecule is C=CCOC(=O)C(OCCCCC(F)(F)C(F)(F)S(=O)(=O)[O-])(OC(=O)C=C)C(F)(F)F. The van der Waals surface area contributed by atoms with Crippen molar-refractivity contribution in [1.29, 1.82) is 0 Å². The minimum absolute atomic E-state index is 0.247. The molecule has 1 unspecified atom stereocenters. The van der Waals surface area contributed by atoms with E-state index in [2.05, 4.69) is 27.4 Å². The van der Waals surface area contributed by atoms with Crippen molar-refractivity contribution in [2.45, 2.75) is 42.4 Å². The van der Waals surface area contributed by atoms with Crippen LogP contribution in [0.5, 0.6) is 0 Å². The third-order valence-electron chi connectivity index (χ3n) is 3.32. The van der Waals surface area contributed by atoms with Crippen LogP contribution in [0.1, 0.15) is 19.3 Å². The maximum atomic E-state index is 13.5. The van der Waals surface area contributed by atoms with Gasteiger partial charge in [0.15, 0.2) is 10.1 Å². The van der Waals surface area contributed by atoms with E-state index in [0.717, 1.165) is 6.08 Å². The van der Waals surface area contributed by atoms with Crippen molar-refractivity contribution >= 4 is 22.1 Å². The highest BCUT2D eigenvalue weighted by Crippen LogP contribution is 2.42. The van der Waals surface area contributed by atoms with Crippen LogP contribution in [0.25, 0.3) is 0 Å². The van der Waals surface area contributed by atoms with E-state index < -0.39 is 77.7 Å². The monoisotopic (exact) mass is 489 g/mol. The van der Waals surface area contributed by atoms with Gasteiger partial charge in [-0.3, -0.25) is 0 Å². The molecule has 1 atom stereocenters. The van der Waals surface area contributed by atoms with E-state index in [0.29, 0.717) is 0 Å². The molecule has 0 aliphatic heterocycles. The minimum Gasteiger partial charge on any atom is -0.743 e. The molecule has 0 aromatic heterocycles. The second kappa shape index (κ2) is 10.4. The second-order valence-corrected chi connectivity index (χ2v) is 7.03. The summed E-state index contributed by atoms with van der Waals surface area (Å²) in [6, 6.07) is 0. The first-order chi connectivity index (χ1) is 13.9. The van der Waals surface area contributed by atoms with Crippen LogP contribution in [0.15, 0.2) is 25.3 Å². The van der Waals surface area contributed by atoms with Gasteiger partial charge in [0, 0.05) is 12.5 Å². The van der Waals surface area contributed by atoms with E-state index in [-0.39, 0.29) is 6.08 Å². The highest BCUT2D eigenvalue weighted by molar-refractivity contribution is 7.86. The highest BCUT2D eigenvalue weighted by atomic mass is 32.2. The first-order valence-electron chi connectivity index (χ1n) is 7.95. The third kappa shape index (κ3) is 6.90. The van der Waals surface area contributed by atoms with Crippen LogP contribution in [-0.2, 0) is 33.9 Å². The van der Waals surface area contributed by atoms with E-state index >= 15 is 0 Å². The average Bonchev–Trinajstić information content (AvgIpc) is 2.62. The molecule has 0 N–H and O–H groups in total. The molecule has 0 radical (unpaired) electrons. The lowest BCUT2D eigenvalue weighted by Gasteiger charge is -2.32. The largest absolute Gasteiger partial charge is 0.743 e. The standard InChI is InChI=1S/C15H17F7O8S/c1-3-8-28-11(24)13(14(18,19)20,30-10(23)4-2)29-9-6-5-7-12(16,17)15(21,22)31(25,26)27/h3-4H,1-2,5-9H2,(H,25,26,27)/p-1. The van der Waals surface area contributed by atoms with Crippen molar-refractivity contribution in [2.75, 3.05) is 13.2 Å². The Kier molecular flexibility index (Phi) is 9.67. The molecule has 0 saturated heterocycles. The Morgan fingerprint density at radius 1 is 1.00 bits per heavy atom. The number of unbranched alkanes of at least 4 members (excludes halogenated alkanes) is 1. The number of halogens is 7. The van der Waals surface area contributed by atoms with Crippen molar-refractivity contribution in [3.8, 4) is 0 Å². The predicted octanol–water partition coefficient (Wildman–Crippen LogP) is 2.66. The summed E-state index contributed by atoms with van der Waals surface area (Å²) in [4.78, 5) is 23.1. The van der Waals surface area contributed by atoms with Crippen molar-refractivity contribution in [3.63, 3.8) is 0 Å². The molecule has 8 nitrogen and oxygen atoms in total. The Morgan fingerprint density at radius 2 is 1.55 bits per heavy atom. The molecular formula is C15H16F7O8S-. The van der Waals surface area contributed by atoms with Gasteiger partial charge in [0.25, 0.3) is 0 Å². The van der Waals surface area contributed by atoms with E-state index in [4.69, 9.17) is 0 Å². The molecule has 0 bridgehead atoms. The fourth-order valence-electron chi connectivity index (χ4n) is 1.79. The van der Waals surface area contributed by atoms with Crippen LogP contribution in [0.4, 0.5) is 30.7 Å². The van der Waals surface area contributed by atoms with Gasteiger partial charge in [0.05, 0.1) is 6.61 Å². The van der Waals surface area contributed by atoms with E-state index in [1.165, 1.54) is 0 Å². The molecule has 0 amide bonds. The maximum Gasteiger partial charge on any atom is 0.468 e. The number of ether oxygens (including phenoxy) is 3. The lowest BCUT2D eigenvalue weighted by molar-refractivity contribution is -0.354. The molecule has 0 spiro atoms. The Labute approximate surface area is 171 Å². The fourth-order valence-corrected chi connectivity index (χ4v) is 2.26. The summed E-state index contributed by atoms with van der Waals surface area (Å²) >= 11 is 0. The van der Waals surface area contributed by atoms with Crippen LogP contribution in [0.2, 0.25) is 0 Å². The first-order valence-corrected chi connectivity index (χ1v) is 9.35. The summed E-state index contributed by atoms with van der Waals surface area (Å²) in [7, 11) is -6.73. The van der Waals surface area contributed by atoms with E-state index in [1.54, 1.807) is 0 Å². The molecule has 0 fully saturated rings. The molecule has 180 valence electrons. The number of alkyl halides is 7. The zero-order valence-electron chi connectivity index (χ0n) is 15.4. The number of hydrogen-bond acceptors (Lipinski definition) is 8. The molecule has 31 heavy (non-hydrogen) atoms. The van der Waals surface area contributed by atoms with Gasteiger partial charge in [-0.15, -0.1) is 0 Å². The Balaban J connectivity index is 5.41. The minimum atomic E-state index is -6.73. The normalized spacial score (nSPS) is 15.0. The van der Waals surface area contributed by atoms with Gasteiger partial charge in [0.1, 0.15) is 6.61 Å². The molecule has 0 saturated carbocycles. The predicted molar refractivity (Wildman–Crippen MR) is 85.6 cm³/mol. The number of rotatable bonds is 13.